The molecule has 0 spiro atoms. The summed E-state index contributed by atoms with van der Waals surface area (Å²) in [6.45, 7) is 8.70. The van der Waals surface area contributed by atoms with Crippen LogP contribution < -0.4 is 4.74 Å². The van der Waals surface area contributed by atoms with Gasteiger partial charge in [0.05, 0.1) is 6.61 Å². The van der Waals surface area contributed by atoms with Gasteiger partial charge in [0, 0.05) is 37.3 Å². The predicted molar refractivity (Wildman–Crippen MR) is 105 cm³/mol. The summed E-state index contributed by atoms with van der Waals surface area (Å²) in [5, 5.41) is 0. The van der Waals surface area contributed by atoms with Crippen LogP contribution >= 0.6 is 0 Å². The van der Waals surface area contributed by atoms with Gasteiger partial charge in [-0.05, 0) is 56.7 Å². The van der Waals surface area contributed by atoms with Crippen LogP contribution in [0.15, 0.2) is 42.5 Å². The number of ether oxygens (including phenoxy) is 1. The fraction of sp³-hybridized carbons (Fsp3) is 0.364. The Morgan fingerprint density at radius 3 is 2.04 bits per heavy atom. The number of benzene rings is 2. The average molecular weight is 366 g/mol. The van der Waals surface area contributed by atoms with Crippen molar-refractivity contribution in [1.82, 2.24) is 9.80 Å². The van der Waals surface area contributed by atoms with Crippen LogP contribution in [0.3, 0.4) is 0 Å². The number of rotatable bonds is 4. The monoisotopic (exact) mass is 366 g/mol. The second-order valence-corrected chi connectivity index (χ2v) is 6.86. The van der Waals surface area contributed by atoms with E-state index < -0.39 is 0 Å². The number of aryl methyl sites for hydroxylation is 2. The van der Waals surface area contributed by atoms with E-state index in [1.165, 1.54) is 0 Å². The van der Waals surface area contributed by atoms with Gasteiger partial charge in [0.25, 0.3) is 11.8 Å². The normalized spacial score (nSPS) is 14.2. The van der Waals surface area contributed by atoms with Crippen LogP contribution in [0.2, 0.25) is 0 Å². The van der Waals surface area contributed by atoms with Crippen LogP contribution in [0.25, 0.3) is 0 Å². The van der Waals surface area contributed by atoms with Crippen LogP contribution in [0.4, 0.5) is 0 Å². The van der Waals surface area contributed by atoms with Crippen molar-refractivity contribution in [3.05, 3.63) is 64.7 Å². The maximum Gasteiger partial charge on any atom is 0.254 e. The lowest BCUT2D eigenvalue weighted by Gasteiger charge is -2.35. The van der Waals surface area contributed by atoms with Gasteiger partial charge in [0.15, 0.2) is 0 Å². The molecule has 1 fully saturated rings. The van der Waals surface area contributed by atoms with E-state index in [0.717, 1.165) is 22.4 Å². The van der Waals surface area contributed by atoms with Gasteiger partial charge < -0.3 is 14.5 Å². The fourth-order valence-electron chi connectivity index (χ4n) is 3.38. The minimum Gasteiger partial charge on any atom is -0.494 e. The Balaban J connectivity index is 1.61. The Hall–Kier alpha value is -2.82. The van der Waals surface area contributed by atoms with Crippen molar-refractivity contribution in [3.63, 3.8) is 0 Å². The molecule has 142 valence electrons. The van der Waals surface area contributed by atoms with Gasteiger partial charge in [0.2, 0.25) is 0 Å². The van der Waals surface area contributed by atoms with E-state index in [0.29, 0.717) is 38.3 Å². The molecule has 27 heavy (non-hydrogen) atoms. The Morgan fingerprint density at radius 1 is 0.889 bits per heavy atom. The van der Waals surface area contributed by atoms with Crippen molar-refractivity contribution in [2.45, 2.75) is 20.8 Å². The van der Waals surface area contributed by atoms with Gasteiger partial charge in [-0.1, -0.05) is 17.7 Å². The number of piperazine rings is 1. The summed E-state index contributed by atoms with van der Waals surface area (Å²) in [5.41, 5.74) is 3.53. The van der Waals surface area contributed by atoms with Gasteiger partial charge >= 0.3 is 0 Å². The first-order valence-corrected chi connectivity index (χ1v) is 9.38. The summed E-state index contributed by atoms with van der Waals surface area (Å²) >= 11 is 0. The third-order valence-corrected chi connectivity index (χ3v) is 4.88. The van der Waals surface area contributed by atoms with Gasteiger partial charge in [-0.25, -0.2) is 0 Å². The molecule has 1 heterocycles. The molecule has 1 saturated heterocycles. The molecule has 0 saturated carbocycles. The SMILES string of the molecule is CCOc1ccc(C(=O)N2CCN(C(=O)c3ccc(C)cc3C)CC2)cc1. The highest BCUT2D eigenvalue weighted by Gasteiger charge is 2.26. The highest BCUT2D eigenvalue weighted by atomic mass is 16.5. The van der Waals surface area contributed by atoms with E-state index in [9.17, 15) is 9.59 Å². The maximum absolute atomic E-state index is 12.8. The molecule has 0 bridgehead atoms. The first-order valence-electron chi connectivity index (χ1n) is 9.38. The quantitative estimate of drug-likeness (QED) is 0.834. The number of nitrogens with zero attached hydrogens (tertiary/aromatic N) is 2. The highest BCUT2D eigenvalue weighted by Crippen LogP contribution is 2.17. The second-order valence-electron chi connectivity index (χ2n) is 6.86. The molecule has 2 amide bonds. The largest absolute Gasteiger partial charge is 0.494 e. The lowest BCUT2D eigenvalue weighted by molar-refractivity contribution is 0.0535. The van der Waals surface area contributed by atoms with Crippen molar-refractivity contribution in [3.8, 4) is 5.75 Å². The zero-order valence-corrected chi connectivity index (χ0v) is 16.2. The van der Waals surface area contributed by atoms with Gasteiger partial charge in [-0.3, -0.25) is 9.59 Å². The lowest BCUT2D eigenvalue weighted by atomic mass is 10.0. The Labute approximate surface area is 160 Å². The zero-order chi connectivity index (χ0) is 19.4. The van der Waals surface area contributed by atoms with Crippen molar-refractivity contribution >= 4 is 11.8 Å². The van der Waals surface area contributed by atoms with E-state index in [1.807, 2.05) is 60.9 Å². The van der Waals surface area contributed by atoms with Gasteiger partial charge in [0.1, 0.15) is 5.75 Å². The molecule has 0 radical (unpaired) electrons. The first-order chi connectivity index (χ1) is 13.0. The molecule has 0 unspecified atom stereocenters. The predicted octanol–water partition coefficient (Wildman–Crippen LogP) is 3.30. The minimum atomic E-state index is -0.00309. The number of carbonyl (C=O) groups excluding carboxylic acids is 2. The molecule has 1 aliphatic rings. The average Bonchev–Trinajstić information content (AvgIpc) is 2.68. The molecule has 2 aromatic carbocycles. The topological polar surface area (TPSA) is 49.9 Å². The smallest absolute Gasteiger partial charge is 0.254 e. The maximum atomic E-state index is 12.8. The Bertz CT molecular complexity index is 822. The van der Waals surface area contributed by atoms with Crippen LogP contribution in [-0.2, 0) is 0 Å². The summed E-state index contributed by atoms with van der Waals surface area (Å²) < 4.78 is 5.42. The first kappa shape index (κ1) is 19.0. The van der Waals surface area contributed by atoms with Gasteiger partial charge in [-0.15, -0.1) is 0 Å². The summed E-state index contributed by atoms with van der Waals surface area (Å²) in [7, 11) is 0. The standard InChI is InChI=1S/C22H26N2O3/c1-4-27-19-8-6-18(7-9-19)21(25)23-11-13-24(14-12-23)22(26)20-10-5-16(2)15-17(20)3/h5-10,15H,4,11-14H2,1-3H3. The number of hydrogen-bond acceptors (Lipinski definition) is 3. The molecule has 0 aliphatic carbocycles. The van der Waals surface area contributed by atoms with Crippen LogP contribution in [0.1, 0.15) is 38.8 Å². The van der Waals surface area contributed by atoms with E-state index in [4.69, 9.17) is 4.74 Å². The third-order valence-electron chi connectivity index (χ3n) is 4.88. The summed E-state index contributed by atoms with van der Waals surface area (Å²) in [4.78, 5) is 29.1. The number of amides is 2. The molecule has 0 atom stereocenters. The molecule has 2 aromatic rings. The van der Waals surface area contributed by atoms with Crippen molar-refractivity contribution < 1.29 is 14.3 Å². The molecular weight excluding hydrogens is 340 g/mol. The molecule has 5 nitrogen and oxygen atoms in total. The number of carbonyl (C=O) groups is 2. The molecule has 3 rings (SSSR count). The lowest BCUT2D eigenvalue weighted by Crippen LogP contribution is -2.50. The highest BCUT2D eigenvalue weighted by molar-refractivity contribution is 5.97. The molecule has 0 aromatic heterocycles. The molecule has 0 N–H and O–H groups in total. The summed E-state index contributed by atoms with van der Waals surface area (Å²) in [6.07, 6.45) is 0. The van der Waals surface area contributed by atoms with Crippen molar-refractivity contribution in [2.24, 2.45) is 0 Å². The van der Waals surface area contributed by atoms with Crippen molar-refractivity contribution in [2.75, 3.05) is 32.8 Å². The number of hydrogen-bond donors (Lipinski definition) is 0. The zero-order valence-electron chi connectivity index (χ0n) is 16.2. The fourth-order valence-corrected chi connectivity index (χ4v) is 3.38. The van der Waals surface area contributed by atoms with Crippen LogP contribution in [-0.4, -0.2) is 54.4 Å². The van der Waals surface area contributed by atoms with E-state index >= 15 is 0 Å². The Morgan fingerprint density at radius 2 is 1.48 bits per heavy atom. The third kappa shape index (κ3) is 4.30. The van der Waals surface area contributed by atoms with Crippen LogP contribution in [0.5, 0.6) is 5.75 Å². The summed E-state index contributed by atoms with van der Waals surface area (Å²) in [6, 6.07) is 13.1. The minimum absolute atomic E-state index is 0.00309. The Kier molecular flexibility index (Phi) is 5.79. The van der Waals surface area contributed by atoms with Gasteiger partial charge in [-0.2, -0.15) is 0 Å². The molecular formula is C22H26N2O3. The van der Waals surface area contributed by atoms with Crippen LogP contribution in [0, 0.1) is 13.8 Å². The van der Waals surface area contributed by atoms with E-state index in [-0.39, 0.29) is 11.8 Å². The van der Waals surface area contributed by atoms with E-state index in [2.05, 4.69) is 0 Å². The molecule has 5 heteroatoms. The summed E-state index contributed by atoms with van der Waals surface area (Å²) in [5.74, 6) is 0.801. The van der Waals surface area contributed by atoms with Crippen molar-refractivity contribution in [1.29, 1.82) is 0 Å². The van der Waals surface area contributed by atoms with E-state index in [1.54, 1.807) is 12.1 Å². The molecule has 1 aliphatic heterocycles. The second kappa shape index (κ2) is 8.25.